The number of piperidine rings is 1. The second-order valence-corrected chi connectivity index (χ2v) is 4.41. The maximum Gasteiger partial charge on any atom is 0.320 e. The minimum absolute atomic E-state index is 0.263. The van der Waals surface area contributed by atoms with E-state index in [9.17, 15) is 4.79 Å². The van der Waals surface area contributed by atoms with Gasteiger partial charge in [-0.15, -0.1) is 0 Å². The Morgan fingerprint density at radius 2 is 2.50 bits per heavy atom. The van der Waals surface area contributed by atoms with Crippen LogP contribution in [0.5, 0.6) is 0 Å². The molecule has 1 aliphatic heterocycles. The number of hydrogen-bond acceptors (Lipinski definition) is 3. The van der Waals surface area contributed by atoms with Crippen molar-refractivity contribution in [3.63, 3.8) is 0 Å². The summed E-state index contributed by atoms with van der Waals surface area (Å²) < 4.78 is 1.77. The lowest BCUT2D eigenvalue weighted by molar-refractivity contribution is -0.140. The molecule has 0 amide bonds. The van der Waals surface area contributed by atoms with Crippen LogP contribution in [0.4, 0.5) is 0 Å². The molecule has 1 saturated heterocycles. The third kappa shape index (κ3) is 2.61. The highest BCUT2D eigenvalue weighted by Crippen LogP contribution is 2.16. The van der Waals surface area contributed by atoms with E-state index in [0.717, 1.165) is 31.2 Å². The van der Waals surface area contributed by atoms with E-state index in [1.54, 1.807) is 4.68 Å². The van der Waals surface area contributed by atoms with Gasteiger partial charge < -0.3 is 10.4 Å². The smallest absolute Gasteiger partial charge is 0.320 e. The van der Waals surface area contributed by atoms with Gasteiger partial charge in [-0.05, 0) is 31.2 Å². The topological polar surface area (TPSA) is 67.2 Å². The number of aromatic nitrogens is 2. The quantitative estimate of drug-likeness (QED) is 0.785. The first-order chi connectivity index (χ1) is 7.65. The standard InChI is InChI=1S/C11H17N3O2/c1-14-7-8(6-12-14)5-9-3-2-4-10(13-9)11(15)16/h6-7,9-10,13H,2-5H2,1H3,(H,15,16). The summed E-state index contributed by atoms with van der Waals surface area (Å²) in [4.78, 5) is 10.9. The first-order valence-electron chi connectivity index (χ1n) is 5.61. The average molecular weight is 223 g/mol. The van der Waals surface area contributed by atoms with Gasteiger partial charge in [0.15, 0.2) is 0 Å². The van der Waals surface area contributed by atoms with Gasteiger partial charge in [-0.1, -0.05) is 0 Å². The lowest BCUT2D eigenvalue weighted by atomic mass is 9.95. The van der Waals surface area contributed by atoms with E-state index >= 15 is 0 Å². The third-order valence-corrected chi connectivity index (χ3v) is 3.02. The van der Waals surface area contributed by atoms with Crippen molar-refractivity contribution in [3.8, 4) is 0 Å². The van der Waals surface area contributed by atoms with Crippen molar-refractivity contribution in [1.29, 1.82) is 0 Å². The molecule has 2 heterocycles. The summed E-state index contributed by atoms with van der Waals surface area (Å²) >= 11 is 0. The van der Waals surface area contributed by atoms with Gasteiger partial charge in [0.1, 0.15) is 6.04 Å². The summed E-state index contributed by atoms with van der Waals surface area (Å²) in [5.74, 6) is -0.740. The number of aryl methyl sites for hydroxylation is 1. The Balaban J connectivity index is 1.92. The fourth-order valence-corrected chi connectivity index (χ4v) is 2.24. The Hall–Kier alpha value is -1.36. The molecule has 1 aliphatic rings. The Labute approximate surface area is 94.5 Å². The third-order valence-electron chi connectivity index (χ3n) is 3.02. The Morgan fingerprint density at radius 1 is 1.69 bits per heavy atom. The van der Waals surface area contributed by atoms with Crippen LogP contribution in [-0.2, 0) is 18.3 Å². The molecule has 0 radical (unpaired) electrons. The van der Waals surface area contributed by atoms with Crippen LogP contribution < -0.4 is 5.32 Å². The normalized spacial score (nSPS) is 25.6. The molecule has 16 heavy (non-hydrogen) atoms. The number of hydrogen-bond donors (Lipinski definition) is 2. The number of nitrogens with one attached hydrogen (secondary N) is 1. The van der Waals surface area contributed by atoms with Crippen LogP contribution >= 0.6 is 0 Å². The Kier molecular flexibility index (Phi) is 3.24. The van der Waals surface area contributed by atoms with Crippen LogP contribution in [0.15, 0.2) is 12.4 Å². The van der Waals surface area contributed by atoms with Gasteiger partial charge in [0.2, 0.25) is 0 Å². The molecule has 88 valence electrons. The number of carboxylic acid groups (broad SMARTS) is 1. The maximum atomic E-state index is 10.9. The highest BCUT2D eigenvalue weighted by molar-refractivity contribution is 5.73. The molecule has 0 saturated carbocycles. The SMILES string of the molecule is Cn1cc(CC2CCCC(C(=O)O)N2)cn1. The molecule has 0 aliphatic carbocycles. The largest absolute Gasteiger partial charge is 0.480 e. The van der Waals surface area contributed by atoms with E-state index in [2.05, 4.69) is 10.4 Å². The van der Waals surface area contributed by atoms with Crippen molar-refractivity contribution in [2.24, 2.45) is 7.05 Å². The predicted octanol–water partition coefficient (Wildman–Crippen LogP) is 0.558. The van der Waals surface area contributed by atoms with E-state index in [1.807, 2.05) is 19.4 Å². The number of carbonyl (C=O) groups is 1. The fraction of sp³-hybridized carbons (Fsp3) is 0.636. The average Bonchev–Trinajstić information content (AvgIpc) is 2.64. The summed E-state index contributed by atoms with van der Waals surface area (Å²) in [6.45, 7) is 0. The van der Waals surface area contributed by atoms with E-state index in [1.165, 1.54) is 0 Å². The monoisotopic (exact) mass is 223 g/mol. The molecular weight excluding hydrogens is 206 g/mol. The van der Waals surface area contributed by atoms with E-state index in [4.69, 9.17) is 5.11 Å². The van der Waals surface area contributed by atoms with Crippen molar-refractivity contribution in [2.75, 3.05) is 0 Å². The summed E-state index contributed by atoms with van der Waals surface area (Å²) in [6.07, 6.45) is 7.43. The van der Waals surface area contributed by atoms with Crippen LogP contribution in [0.1, 0.15) is 24.8 Å². The number of rotatable bonds is 3. The van der Waals surface area contributed by atoms with Crippen LogP contribution in [0.25, 0.3) is 0 Å². The molecule has 0 bridgehead atoms. The molecular formula is C11H17N3O2. The zero-order chi connectivity index (χ0) is 11.5. The molecule has 2 N–H and O–H groups in total. The Bertz CT molecular complexity index is 375. The Morgan fingerprint density at radius 3 is 3.12 bits per heavy atom. The maximum absolute atomic E-state index is 10.9. The van der Waals surface area contributed by atoms with Gasteiger partial charge in [-0.2, -0.15) is 5.10 Å². The lowest BCUT2D eigenvalue weighted by Crippen LogP contribution is -2.47. The minimum atomic E-state index is -0.740. The van der Waals surface area contributed by atoms with Crippen molar-refractivity contribution in [2.45, 2.75) is 37.8 Å². The summed E-state index contributed by atoms with van der Waals surface area (Å²) in [7, 11) is 1.89. The van der Waals surface area contributed by atoms with E-state index in [0.29, 0.717) is 0 Å². The highest BCUT2D eigenvalue weighted by atomic mass is 16.4. The van der Waals surface area contributed by atoms with Crippen LogP contribution in [0.2, 0.25) is 0 Å². The van der Waals surface area contributed by atoms with Crippen molar-refractivity contribution < 1.29 is 9.90 Å². The molecule has 1 fully saturated rings. The van der Waals surface area contributed by atoms with E-state index in [-0.39, 0.29) is 12.1 Å². The molecule has 0 aromatic carbocycles. The van der Waals surface area contributed by atoms with E-state index < -0.39 is 5.97 Å². The second kappa shape index (κ2) is 4.65. The summed E-state index contributed by atoms with van der Waals surface area (Å²) in [5.41, 5.74) is 1.16. The molecule has 0 spiro atoms. The summed E-state index contributed by atoms with van der Waals surface area (Å²) in [6, 6.07) is -0.116. The van der Waals surface area contributed by atoms with Gasteiger partial charge in [0.25, 0.3) is 0 Å². The van der Waals surface area contributed by atoms with Crippen LogP contribution in [0, 0.1) is 0 Å². The van der Waals surface area contributed by atoms with Gasteiger partial charge in [0.05, 0.1) is 6.20 Å². The molecule has 5 nitrogen and oxygen atoms in total. The molecule has 2 atom stereocenters. The molecule has 5 heteroatoms. The number of nitrogens with zero attached hydrogens (tertiary/aromatic N) is 2. The fourth-order valence-electron chi connectivity index (χ4n) is 2.24. The molecule has 2 unspecified atom stereocenters. The van der Waals surface area contributed by atoms with Crippen molar-refractivity contribution >= 4 is 5.97 Å². The van der Waals surface area contributed by atoms with Crippen LogP contribution in [0.3, 0.4) is 0 Å². The minimum Gasteiger partial charge on any atom is -0.480 e. The zero-order valence-electron chi connectivity index (χ0n) is 9.39. The number of carboxylic acids is 1. The van der Waals surface area contributed by atoms with Gasteiger partial charge in [-0.3, -0.25) is 9.48 Å². The van der Waals surface area contributed by atoms with Gasteiger partial charge in [0, 0.05) is 19.3 Å². The molecule has 1 aromatic heterocycles. The summed E-state index contributed by atoms with van der Waals surface area (Å²) in [5, 5.41) is 16.2. The van der Waals surface area contributed by atoms with Crippen LogP contribution in [-0.4, -0.2) is 32.9 Å². The molecule has 2 rings (SSSR count). The van der Waals surface area contributed by atoms with Crippen molar-refractivity contribution in [1.82, 2.24) is 15.1 Å². The van der Waals surface area contributed by atoms with Gasteiger partial charge in [-0.25, -0.2) is 0 Å². The van der Waals surface area contributed by atoms with Crippen molar-refractivity contribution in [3.05, 3.63) is 18.0 Å². The first-order valence-corrected chi connectivity index (χ1v) is 5.61. The highest BCUT2D eigenvalue weighted by Gasteiger charge is 2.25. The molecule has 1 aromatic rings. The number of aliphatic carboxylic acids is 1. The second-order valence-electron chi connectivity index (χ2n) is 4.41. The first kappa shape index (κ1) is 11.1. The lowest BCUT2D eigenvalue weighted by Gasteiger charge is -2.28. The predicted molar refractivity (Wildman–Crippen MR) is 59.1 cm³/mol. The van der Waals surface area contributed by atoms with Gasteiger partial charge >= 0.3 is 5.97 Å². The zero-order valence-corrected chi connectivity index (χ0v) is 9.39.